The number of aliphatic hydroxyl groups excluding tert-OH is 1. The third-order valence-electron chi connectivity index (χ3n) is 3.09. The van der Waals surface area contributed by atoms with Gasteiger partial charge in [0.1, 0.15) is 12.3 Å². The van der Waals surface area contributed by atoms with Gasteiger partial charge in [0.15, 0.2) is 0 Å². The zero-order chi connectivity index (χ0) is 17.9. The number of aliphatic hydroxyl groups is 1. The Hall–Kier alpha value is -2.49. The molecule has 1 aromatic rings. The van der Waals surface area contributed by atoms with E-state index in [-0.39, 0.29) is 26.1 Å². The van der Waals surface area contributed by atoms with Crippen LogP contribution in [0.4, 0.5) is 0 Å². The molecular formula is C15H23N5O4. The number of benzene rings is 1. The van der Waals surface area contributed by atoms with Crippen molar-refractivity contribution in [2.75, 3.05) is 19.6 Å². The number of carbonyl (C=O) groups excluding carboxylic acids is 3. The maximum Gasteiger partial charge on any atom is 0.243 e. The molecule has 1 rings (SSSR count). The lowest BCUT2D eigenvalue weighted by molar-refractivity contribution is -0.129. The molecule has 8 N–H and O–H groups in total. The van der Waals surface area contributed by atoms with E-state index in [0.29, 0.717) is 0 Å². The lowest BCUT2D eigenvalue weighted by atomic mass is 10.1. The van der Waals surface area contributed by atoms with E-state index < -0.39 is 30.0 Å². The smallest absolute Gasteiger partial charge is 0.243 e. The van der Waals surface area contributed by atoms with Gasteiger partial charge in [-0.25, -0.2) is 0 Å². The van der Waals surface area contributed by atoms with E-state index in [2.05, 4.69) is 16.0 Å². The minimum atomic E-state index is -1.01. The van der Waals surface area contributed by atoms with Gasteiger partial charge in [-0.05, 0) is 5.56 Å². The molecule has 3 amide bonds. The molecule has 0 fully saturated rings. The number of hydrogen-bond acceptors (Lipinski definition) is 6. The number of amides is 3. The highest BCUT2D eigenvalue weighted by Gasteiger charge is 2.21. The maximum atomic E-state index is 12.2. The lowest BCUT2D eigenvalue weighted by Gasteiger charge is -2.19. The van der Waals surface area contributed by atoms with E-state index >= 15 is 0 Å². The van der Waals surface area contributed by atoms with E-state index in [1.807, 2.05) is 30.3 Å². The predicted octanol–water partition coefficient (Wildman–Crippen LogP) is -2.82. The first kappa shape index (κ1) is 19.6. The van der Waals surface area contributed by atoms with Crippen LogP contribution in [0.5, 0.6) is 0 Å². The summed E-state index contributed by atoms with van der Waals surface area (Å²) < 4.78 is 0. The summed E-state index contributed by atoms with van der Waals surface area (Å²) >= 11 is 0. The second kappa shape index (κ2) is 10.3. The molecular weight excluding hydrogens is 314 g/mol. The van der Waals surface area contributed by atoms with E-state index in [1.165, 1.54) is 0 Å². The van der Waals surface area contributed by atoms with Crippen molar-refractivity contribution in [2.45, 2.75) is 18.7 Å². The zero-order valence-corrected chi connectivity index (χ0v) is 13.2. The fourth-order valence-corrected chi connectivity index (χ4v) is 1.90. The largest absolute Gasteiger partial charge is 0.377 e. The van der Waals surface area contributed by atoms with Crippen LogP contribution in [-0.2, 0) is 20.8 Å². The Kier molecular flexibility index (Phi) is 8.41. The van der Waals surface area contributed by atoms with Crippen molar-refractivity contribution in [3.63, 3.8) is 0 Å². The minimum absolute atomic E-state index is 0.0418. The zero-order valence-electron chi connectivity index (χ0n) is 13.2. The molecule has 0 aromatic heterocycles. The first-order valence-electron chi connectivity index (χ1n) is 7.43. The molecule has 2 atom stereocenters. The number of primary amides is 1. The van der Waals surface area contributed by atoms with E-state index in [0.717, 1.165) is 5.56 Å². The van der Waals surface area contributed by atoms with Crippen molar-refractivity contribution in [1.82, 2.24) is 16.0 Å². The number of hydrogen-bond donors (Lipinski definition) is 6. The second-order valence-electron chi connectivity index (χ2n) is 5.13. The summed E-state index contributed by atoms with van der Waals surface area (Å²) in [4.78, 5) is 34.9. The number of carbonyl (C=O) groups is 3. The Morgan fingerprint density at radius 3 is 2.38 bits per heavy atom. The van der Waals surface area contributed by atoms with Gasteiger partial charge in [0, 0.05) is 13.0 Å². The van der Waals surface area contributed by atoms with Crippen molar-refractivity contribution in [3.05, 3.63) is 35.9 Å². The molecule has 0 radical (unpaired) electrons. The third kappa shape index (κ3) is 7.68. The maximum absolute atomic E-state index is 12.2. The fourth-order valence-electron chi connectivity index (χ4n) is 1.90. The first-order valence-corrected chi connectivity index (χ1v) is 7.43. The van der Waals surface area contributed by atoms with Gasteiger partial charge < -0.3 is 27.2 Å². The van der Waals surface area contributed by atoms with Crippen LogP contribution in [-0.4, -0.2) is 54.7 Å². The van der Waals surface area contributed by atoms with Gasteiger partial charge in [-0.15, -0.1) is 0 Å². The molecule has 9 heteroatoms. The van der Waals surface area contributed by atoms with Gasteiger partial charge in [0.05, 0.1) is 13.1 Å². The monoisotopic (exact) mass is 337 g/mol. The fraction of sp³-hybridized carbons (Fsp3) is 0.400. The normalized spacial score (nSPS) is 12.9. The molecule has 0 saturated heterocycles. The molecule has 1 aromatic carbocycles. The molecule has 0 spiro atoms. The molecule has 0 aliphatic rings. The molecule has 0 heterocycles. The van der Waals surface area contributed by atoms with Crippen LogP contribution >= 0.6 is 0 Å². The Morgan fingerprint density at radius 2 is 1.79 bits per heavy atom. The standard InChI is InChI=1S/C15H23N5O4/c16-7-13(22)18-9-14(23)20-11(15(24)19-8-12(17)21)6-10-4-2-1-3-5-10/h1-5,11,13,18,22H,6-9,16H2,(H2,17,21)(H,19,24)(H,20,23)/t11-,13?/m0/s1. The Balaban J connectivity index is 2.67. The summed E-state index contributed by atoms with van der Waals surface area (Å²) in [5.41, 5.74) is 11.1. The van der Waals surface area contributed by atoms with Gasteiger partial charge in [0.25, 0.3) is 0 Å². The number of nitrogens with one attached hydrogen (secondary N) is 3. The lowest BCUT2D eigenvalue weighted by Crippen LogP contribution is -2.52. The molecule has 0 saturated carbocycles. The van der Waals surface area contributed by atoms with Crippen molar-refractivity contribution in [3.8, 4) is 0 Å². The Bertz CT molecular complexity index is 552. The van der Waals surface area contributed by atoms with Crippen molar-refractivity contribution >= 4 is 17.7 Å². The second-order valence-corrected chi connectivity index (χ2v) is 5.13. The summed E-state index contributed by atoms with van der Waals surface area (Å²) in [6, 6.07) is 8.22. The van der Waals surface area contributed by atoms with Gasteiger partial charge in [0.2, 0.25) is 17.7 Å². The van der Waals surface area contributed by atoms with Crippen LogP contribution in [0.25, 0.3) is 0 Å². The summed E-state index contributed by atoms with van der Waals surface area (Å²) in [5.74, 6) is -1.69. The van der Waals surface area contributed by atoms with Crippen LogP contribution in [0.2, 0.25) is 0 Å². The number of rotatable bonds is 10. The molecule has 9 nitrogen and oxygen atoms in total. The molecule has 1 unspecified atom stereocenters. The van der Waals surface area contributed by atoms with Gasteiger partial charge in [-0.1, -0.05) is 30.3 Å². The van der Waals surface area contributed by atoms with Crippen molar-refractivity contribution < 1.29 is 19.5 Å². The predicted molar refractivity (Wildman–Crippen MR) is 87.3 cm³/mol. The highest BCUT2D eigenvalue weighted by Crippen LogP contribution is 2.03. The van der Waals surface area contributed by atoms with Crippen LogP contribution in [0.3, 0.4) is 0 Å². The molecule has 24 heavy (non-hydrogen) atoms. The van der Waals surface area contributed by atoms with Crippen molar-refractivity contribution in [1.29, 1.82) is 0 Å². The molecule has 132 valence electrons. The highest BCUT2D eigenvalue weighted by molar-refractivity contribution is 5.90. The summed E-state index contributed by atoms with van der Waals surface area (Å²) in [6.07, 6.45) is -0.761. The number of nitrogens with two attached hydrogens (primary N) is 2. The SMILES string of the molecule is NCC(O)NCC(=O)N[C@@H](Cc1ccccc1)C(=O)NCC(N)=O. The Labute approximate surface area is 139 Å². The summed E-state index contributed by atoms with van der Waals surface area (Å²) in [5, 5.41) is 16.7. The summed E-state index contributed by atoms with van der Waals surface area (Å²) in [6.45, 7) is -0.559. The minimum Gasteiger partial charge on any atom is -0.377 e. The van der Waals surface area contributed by atoms with Crippen molar-refractivity contribution in [2.24, 2.45) is 11.5 Å². The average molecular weight is 337 g/mol. The molecule has 0 bridgehead atoms. The topological polar surface area (TPSA) is 160 Å². The van der Waals surface area contributed by atoms with Crippen LogP contribution in [0.1, 0.15) is 5.56 Å². The van der Waals surface area contributed by atoms with E-state index in [4.69, 9.17) is 11.5 Å². The Morgan fingerprint density at radius 1 is 1.12 bits per heavy atom. The van der Waals surface area contributed by atoms with Crippen LogP contribution in [0.15, 0.2) is 30.3 Å². The van der Waals surface area contributed by atoms with Gasteiger partial charge in [-0.2, -0.15) is 0 Å². The molecule has 0 aliphatic heterocycles. The van der Waals surface area contributed by atoms with Gasteiger partial charge in [-0.3, -0.25) is 19.7 Å². The molecule has 0 aliphatic carbocycles. The average Bonchev–Trinajstić information content (AvgIpc) is 2.57. The highest BCUT2D eigenvalue weighted by atomic mass is 16.3. The third-order valence-corrected chi connectivity index (χ3v) is 3.09. The van der Waals surface area contributed by atoms with Crippen LogP contribution < -0.4 is 27.4 Å². The van der Waals surface area contributed by atoms with Gasteiger partial charge >= 0.3 is 0 Å². The quantitative estimate of drug-likeness (QED) is 0.253. The van der Waals surface area contributed by atoms with E-state index in [1.54, 1.807) is 0 Å². The van der Waals surface area contributed by atoms with Crippen LogP contribution in [0, 0.1) is 0 Å². The first-order chi connectivity index (χ1) is 11.4. The summed E-state index contributed by atoms with van der Waals surface area (Å²) in [7, 11) is 0. The van der Waals surface area contributed by atoms with E-state index in [9.17, 15) is 19.5 Å².